The van der Waals surface area contributed by atoms with Crippen molar-refractivity contribution in [1.29, 1.82) is 0 Å². The highest BCUT2D eigenvalue weighted by molar-refractivity contribution is 6.28. The number of fused-ring (bicyclic) bond motifs is 10. The Hall–Kier alpha value is -7.96. The third-order valence-electron chi connectivity index (χ3n) is 11.2. The van der Waals surface area contributed by atoms with E-state index in [1.165, 1.54) is 16.2 Å². The van der Waals surface area contributed by atoms with Crippen LogP contribution in [0.4, 0.5) is 0 Å². The van der Waals surface area contributed by atoms with Crippen molar-refractivity contribution < 1.29 is 4.42 Å². The molecule has 0 atom stereocenters. The summed E-state index contributed by atoms with van der Waals surface area (Å²) in [4.78, 5) is 21.0. The van der Waals surface area contributed by atoms with Crippen LogP contribution < -0.4 is 0 Å². The molecule has 0 radical (unpaired) electrons. The van der Waals surface area contributed by atoms with E-state index in [9.17, 15) is 0 Å². The molecule has 0 spiro atoms. The number of benzene rings is 9. The quantitative estimate of drug-likeness (QED) is 0.164. The molecule has 0 amide bonds. The molecule has 0 aliphatic carbocycles. The third-order valence-corrected chi connectivity index (χ3v) is 11.2. The van der Waals surface area contributed by atoms with Gasteiger partial charge in [0, 0.05) is 44.1 Å². The number of nitrogens with zero attached hydrogens (tertiary/aromatic N) is 5. The highest BCUT2D eigenvalue weighted by Crippen LogP contribution is 2.41. The summed E-state index contributed by atoms with van der Waals surface area (Å²) in [6.07, 6.45) is 0. The molecule has 12 rings (SSSR count). The molecule has 9 aromatic carbocycles. The van der Waals surface area contributed by atoms with E-state index < -0.39 is 0 Å². The second kappa shape index (κ2) is 12.8. The summed E-state index contributed by atoms with van der Waals surface area (Å²) in [6, 6.07) is 65.0. The summed E-state index contributed by atoms with van der Waals surface area (Å²) in [7, 11) is 0. The molecule has 0 fully saturated rings. The van der Waals surface area contributed by atoms with E-state index in [1.54, 1.807) is 0 Å². The number of aromatic nitrogens is 5. The number of hydrogen-bond donors (Lipinski definition) is 0. The van der Waals surface area contributed by atoms with Gasteiger partial charge in [0.1, 0.15) is 17.0 Å². The molecule has 6 heteroatoms. The van der Waals surface area contributed by atoms with Crippen LogP contribution in [0.3, 0.4) is 0 Å². The van der Waals surface area contributed by atoms with Crippen LogP contribution in [0.25, 0.3) is 117 Å². The zero-order valence-electron chi connectivity index (χ0n) is 31.0. The van der Waals surface area contributed by atoms with E-state index in [0.29, 0.717) is 17.5 Å². The highest BCUT2D eigenvalue weighted by atomic mass is 16.3. The fourth-order valence-electron chi connectivity index (χ4n) is 8.62. The molecule has 0 unspecified atom stereocenters. The molecular formula is C52H31N5O. The van der Waals surface area contributed by atoms with Gasteiger partial charge in [-0.1, -0.05) is 140 Å². The fourth-order valence-corrected chi connectivity index (χ4v) is 8.62. The lowest BCUT2D eigenvalue weighted by Crippen LogP contribution is -2.01. The van der Waals surface area contributed by atoms with Gasteiger partial charge in [0.2, 0.25) is 0 Å². The van der Waals surface area contributed by atoms with Crippen LogP contribution in [0, 0.1) is 0 Å². The van der Waals surface area contributed by atoms with Crippen LogP contribution in [0.2, 0.25) is 0 Å². The van der Waals surface area contributed by atoms with Crippen LogP contribution in [0.15, 0.2) is 192 Å². The number of furan rings is 1. The van der Waals surface area contributed by atoms with Crippen LogP contribution in [-0.4, -0.2) is 24.5 Å². The lowest BCUT2D eigenvalue weighted by atomic mass is 9.91. The average Bonchev–Trinajstić information content (AvgIpc) is 3.88. The van der Waals surface area contributed by atoms with Gasteiger partial charge in [-0.3, -0.25) is 4.57 Å². The minimum absolute atomic E-state index is 0.561. The van der Waals surface area contributed by atoms with Gasteiger partial charge in [-0.2, -0.15) is 0 Å². The molecule has 0 aliphatic rings. The molecule has 12 aromatic rings. The van der Waals surface area contributed by atoms with Gasteiger partial charge >= 0.3 is 0 Å². The minimum Gasteiger partial charge on any atom is -0.456 e. The topological polar surface area (TPSA) is 69.6 Å². The molecule has 0 bridgehead atoms. The van der Waals surface area contributed by atoms with Crippen LogP contribution in [0.1, 0.15) is 0 Å². The smallest absolute Gasteiger partial charge is 0.164 e. The van der Waals surface area contributed by atoms with Gasteiger partial charge in [0.05, 0.1) is 11.0 Å². The van der Waals surface area contributed by atoms with E-state index in [0.717, 1.165) is 82.9 Å². The normalized spacial score (nSPS) is 11.8. The Morgan fingerprint density at radius 3 is 1.72 bits per heavy atom. The molecule has 3 heterocycles. The highest BCUT2D eigenvalue weighted by Gasteiger charge is 2.20. The summed E-state index contributed by atoms with van der Waals surface area (Å²) >= 11 is 0. The lowest BCUT2D eigenvalue weighted by molar-refractivity contribution is 0.669. The molecule has 0 saturated carbocycles. The van der Waals surface area contributed by atoms with Gasteiger partial charge in [-0.25, -0.2) is 19.9 Å². The maximum absolute atomic E-state index is 6.35. The Balaban J connectivity index is 1.11. The summed E-state index contributed by atoms with van der Waals surface area (Å²) in [5, 5.41) is 9.15. The summed E-state index contributed by atoms with van der Waals surface area (Å²) in [6.45, 7) is 0. The Kier molecular flexibility index (Phi) is 7.13. The summed E-state index contributed by atoms with van der Waals surface area (Å²) in [5.74, 6) is 2.56. The number of hydrogen-bond acceptors (Lipinski definition) is 5. The summed E-state index contributed by atoms with van der Waals surface area (Å²) in [5.41, 5.74) is 8.22. The van der Waals surface area contributed by atoms with Crippen molar-refractivity contribution in [2.24, 2.45) is 0 Å². The zero-order valence-corrected chi connectivity index (χ0v) is 31.0. The van der Waals surface area contributed by atoms with Crippen molar-refractivity contribution in [2.75, 3.05) is 0 Å². The second-order valence-corrected chi connectivity index (χ2v) is 14.6. The van der Waals surface area contributed by atoms with Crippen molar-refractivity contribution in [1.82, 2.24) is 24.5 Å². The van der Waals surface area contributed by atoms with E-state index in [1.807, 2.05) is 36.4 Å². The maximum atomic E-state index is 6.35. The van der Waals surface area contributed by atoms with Gasteiger partial charge in [-0.05, 0) is 75.5 Å². The van der Waals surface area contributed by atoms with Crippen molar-refractivity contribution in [2.45, 2.75) is 0 Å². The molecule has 0 aliphatic heterocycles. The lowest BCUT2D eigenvalue weighted by Gasteiger charge is -2.15. The Bertz CT molecular complexity index is 3540. The maximum Gasteiger partial charge on any atom is 0.164 e. The standard InChI is InChI=1S/C52H31N5O/c1-2-16-35(17-3-1)57-45-26-10-9-25-44(45)53-52(57)34-15-12-14-32(30-34)49-54-50(33-28-29-40-39-21-8-11-27-46(39)58-47(40)31-33)56-51(55-49)43-24-13-23-42-38-19-5-4-18-36(38)37-20-6-7-22-41(37)48(42)43/h1-31H. The monoisotopic (exact) mass is 741 g/mol. The molecular weight excluding hydrogens is 711 g/mol. The SMILES string of the molecule is c1ccc(-n2c(-c3cccc(-c4nc(-c5ccc6c(c5)oc5ccccc56)nc(-c5cccc6c7ccccc7c7ccccc7c56)n4)c3)nc3ccccc32)cc1. The van der Waals surface area contributed by atoms with Crippen molar-refractivity contribution >= 4 is 65.3 Å². The first-order chi connectivity index (χ1) is 28.7. The Morgan fingerprint density at radius 2 is 0.931 bits per heavy atom. The molecule has 3 aromatic heterocycles. The van der Waals surface area contributed by atoms with Crippen molar-refractivity contribution in [3.05, 3.63) is 188 Å². The van der Waals surface area contributed by atoms with Crippen molar-refractivity contribution in [3.63, 3.8) is 0 Å². The Morgan fingerprint density at radius 1 is 0.362 bits per heavy atom. The van der Waals surface area contributed by atoms with Gasteiger partial charge in [0.15, 0.2) is 17.5 Å². The van der Waals surface area contributed by atoms with Crippen LogP contribution in [0.5, 0.6) is 0 Å². The number of rotatable bonds is 5. The minimum atomic E-state index is 0.561. The van der Waals surface area contributed by atoms with E-state index >= 15 is 0 Å². The Labute approximate surface area is 332 Å². The number of imidazole rings is 1. The molecule has 270 valence electrons. The van der Waals surface area contributed by atoms with Gasteiger partial charge in [0.25, 0.3) is 0 Å². The first-order valence-corrected chi connectivity index (χ1v) is 19.4. The largest absolute Gasteiger partial charge is 0.456 e. The van der Waals surface area contributed by atoms with Crippen LogP contribution in [-0.2, 0) is 0 Å². The molecule has 6 nitrogen and oxygen atoms in total. The zero-order chi connectivity index (χ0) is 38.2. The van der Waals surface area contributed by atoms with Gasteiger partial charge in [-0.15, -0.1) is 0 Å². The number of para-hydroxylation sites is 4. The predicted octanol–water partition coefficient (Wildman–Crippen LogP) is 13.2. The predicted molar refractivity (Wildman–Crippen MR) is 236 cm³/mol. The summed E-state index contributed by atoms with van der Waals surface area (Å²) < 4.78 is 8.56. The first kappa shape index (κ1) is 32.3. The van der Waals surface area contributed by atoms with Crippen molar-refractivity contribution in [3.8, 4) is 51.2 Å². The van der Waals surface area contributed by atoms with Crippen LogP contribution >= 0.6 is 0 Å². The van der Waals surface area contributed by atoms with Gasteiger partial charge < -0.3 is 4.42 Å². The first-order valence-electron chi connectivity index (χ1n) is 19.4. The third kappa shape index (κ3) is 5.05. The van der Waals surface area contributed by atoms with E-state index in [4.69, 9.17) is 24.4 Å². The molecule has 0 N–H and O–H groups in total. The van der Waals surface area contributed by atoms with E-state index in [-0.39, 0.29) is 0 Å². The second-order valence-electron chi connectivity index (χ2n) is 14.6. The fraction of sp³-hybridized carbons (Fsp3) is 0. The molecule has 58 heavy (non-hydrogen) atoms. The van der Waals surface area contributed by atoms with E-state index in [2.05, 4.69) is 156 Å². The molecule has 0 saturated heterocycles. The average molecular weight is 742 g/mol.